The molecule has 2 aromatic carbocycles. The fraction of sp³-hybridized carbons (Fsp3) is 0.435. The summed E-state index contributed by atoms with van der Waals surface area (Å²) in [6.45, 7) is 2.28. The second-order valence-electron chi connectivity index (χ2n) is 7.87. The lowest BCUT2D eigenvalue weighted by molar-refractivity contribution is 0.0461. The summed E-state index contributed by atoms with van der Waals surface area (Å²) in [6, 6.07) is 21.7. The third-order valence-electron chi connectivity index (χ3n) is 6.47. The van der Waals surface area contributed by atoms with E-state index in [9.17, 15) is 5.21 Å². The Morgan fingerprint density at radius 2 is 1.50 bits per heavy atom. The van der Waals surface area contributed by atoms with E-state index in [2.05, 4.69) is 58.6 Å². The van der Waals surface area contributed by atoms with E-state index in [0.717, 1.165) is 24.9 Å². The van der Waals surface area contributed by atoms with Crippen molar-refractivity contribution in [2.45, 2.75) is 43.6 Å². The Morgan fingerprint density at radius 3 is 1.96 bits per heavy atom. The highest BCUT2D eigenvalue weighted by atomic mass is 16.4. The molecule has 1 N–H and O–H groups in total. The number of piperidine rings is 2. The van der Waals surface area contributed by atoms with Crippen molar-refractivity contribution in [2.75, 3.05) is 13.1 Å². The first-order chi connectivity index (χ1) is 12.8. The van der Waals surface area contributed by atoms with Crippen LogP contribution < -0.4 is 0 Å². The molecule has 0 spiro atoms. The molecule has 0 radical (unpaired) electrons. The van der Waals surface area contributed by atoms with Gasteiger partial charge in [0.1, 0.15) is 0 Å². The third kappa shape index (κ3) is 3.28. The zero-order valence-electron chi connectivity index (χ0n) is 15.3. The standard InChI is InChI=1S/C23H28N2O/c26-24-18-23(20-7-3-1-4-8-20,21-9-5-2-6-10-21)15-16-25-17-19-11-13-22(25)14-12-19/h1-10,18-19,22,26H,11-17H2. The van der Waals surface area contributed by atoms with Crippen LogP contribution in [0.3, 0.4) is 0 Å². The fourth-order valence-corrected chi connectivity index (χ4v) is 5.01. The van der Waals surface area contributed by atoms with Gasteiger partial charge in [-0.05, 0) is 55.7 Å². The Kier molecular flexibility index (Phi) is 5.07. The summed E-state index contributed by atoms with van der Waals surface area (Å²) in [6.07, 6.45) is 8.17. The van der Waals surface area contributed by atoms with Gasteiger partial charge in [-0.1, -0.05) is 60.7 Å². The highest BCUT2D eigenvalue weighted by Gasteiger charge is 2.37. The molecule has 0 atom stereocenters. The average Bonchev–Trinajstić information content (AvgIpc) is 2.73. The second-order valence-corrected chi connectivity index (χ2v) is 7.87. The summed E-state index contributed by atoms with van der Waals surface area (Å²) in [5.74, 6) is 0.884. The Bertz CT molecular complexity index is 681. The number of hydrogen-bond acceptors (Lipinski definition) is 3. The fourth-order valence-electron chi connectivity index (χ4n) is 5.01. The van der Waals surface area contributed by atoms with Crippen LogP contribution in [-0.2, 0) is 5.41 Å². The van der Waals surface area contributed by atoms with Gasteiger partial charge in [-0.2, -0.15) is 0 Å². The van der Waals surface area contributed by atoms with Gasteiger partial charge in [0.2, 0.25) is 0 Å². The van der Waals surface area contributed by atoms with Crippen LogP contribution in [0, 0.1) is 5.92 Å². The lowest BCUT2D eigenvalue weighted by atomic mass is 9.72. The molecule has 1 aliphatic carbocycles. The van der Waals surface area contributed by atoms with E-state index in [1.807, 2.05) is 12.1 Å². The molecule has 3 nitrogen and oxygen atoms in total. The van der Waals surface area contributed by atoms with Crippen LogP contribution in [0.5, 0.6) is 0 Å². The molecule has 136 valence electrons. The molecule has 2 aromatic rings. The van der Waals surface area contributed by atoms with Crippen molar-refractivity contribution >= 4 is 6.21 Å². The maximum atomic E-state index is 9.52. The molecule has 2 heterocycles. The zero-order chi connectivity index (χ0) is 17.8. The van der Waals surface area contributed by atoms with Crippen LogP contribution in [0.25, 0.3) is 0 Å². The van der Waals surface area contributed by atoms with Crippen molar-refractivity contribution in [1.82, 2.24) is 4.90 Å². The first-order valence-corrected chi connectivity index (χ1v) is 9.85. The van der Waals surface area contributed by atoms with Crippen LogP contribution in [0.1, 0.15) is 43.2 Å². The zero-order valence-corrected chi connectivity index (χ0v) is 15.3. The first-order valence-electron chi connectivity index (χ1n) is 9.85. The van der Waals surface area contributed by atoms with Gasteiger partial charge < -0.3 is 10.1 Å². The largest absolute Gasteiger partial charge is 0.411 e. The Morgan fingerprint density at radius 1 is 0.923 bits per heavy atom. The Labute approximate surface area is 156 Å². The van der Waals surface area contributed by atoms with E-state index in [-0.39, 0.29) is 0 Å². The number of nitrogens with zero attached hydrogens (tertiary/aromatic N) is 2. The molecule has 0 unspecified atom stereocenters. The minimum Gasteiger partial charge on any atom is -0.411 e. The number of hydrogen-bond donors (Lipinski definition) is 1. The van der Waals surface area contributed by atoms with Crippen LogP contribution in [0.15, 0.2) is 65.8 Å². The number of benzene rings is 2. The van der Waals surface area contributed by atoms with Crippen LogP contribution >= 0.6 is 0 Å². The van der Waals surface area contributed by atoms with Crippen LogP contribution in [0.4, 0.5) is 0 Å². The summed E-state index contributed by atoms with van der Waals surface area (Å²) in [5, 5.41) is 13.1. The Balaban J connectivity index is 1.66. The van der Waals surface area contributed by atoms with Crippen molar-refractivity contribution in [3.63, 3.8) is 0 Å². The first kappa shape index (κ1) is 17.3. The number of fused-ring (bicyclic) bond motifs is 3. The SMILES string of the molecule is ON=CC(CCN1CC2CCC1CC2)(c1ccccc1)c1ccccc1. The van der Waals surface area contributed by atoms with Crippen molar-refractivity contribution in [2.24, 2.45) is 11.1 Å². The lowest BCUT2D eigenvalue weighted by Gasteiger charge is -2.46. The van der Waals surface area contributed by atoms with Crippen molar-refractivity contribution < 1.29 is 5.21 Å². The summed E-state index contributed by atoms with van der Waals surface area (Å²) in [5.41, 5.74) is 1.98. The van der Waals surface area contributed by atoms with E-state index in [0.29, 0.717) is 0 Å². The van der Waals surface area contributed by atoms with Gasteiger partial charge in [0.05, 0.1) is 11.6 Å². The molecule has 0 amide bonds. The molecule has 3 heteroatoms. The minimum absolute atomic E-state index is 0.395. The molecule has 2 saturated heterocycles. The molecule has 26 heavy (non-hydrogen) atoms. The van der Waals surface area contributed by atoms with Gasteiger partial charge in [-0.15, -0.1) is 5.16 Å². The van der Waals surface area contributed by atoms with E-state index in [1.165, 1.54) is 43.4 Å². The van der Waals surface area contributed by atoms with Crippen molar-refractivity contribution in [3.05, 3.63) is 71.8 Å². The second kappa shape index (κ2) is 7.63. The van der Waals surface area contributed by atoms with Gasteiger partial charge in [0.15, 0.2) is 0 Å². The molecule has 2 bridgehead atoms. The van der Waals surface area contributed by atoms with Gasteiger partial charge >= 0.3 is 0 Å². The number of oxime groups is 1. The summed E-state index contributed by atoms with van der Waals surface area (Å²) >= 11 is 0. The summed E-state index contributed by atoms with van der Waals surface area (Å²) < 4.78 is 0. The summed E-state index contributed by atoms with van der Waals surface area (Å²) in [7, 11) is 0. The van der Waals surface area contributed by atoms with E-state index < -0.39 is 5.41 Å². The molecular formula is C23H28N2O. The van der Waals surface area contributed by atoms with Crippen molar-refractivity contribution in [3.8, 4) is 0 Å². The molecule has 3 fully saturated rings. The Hall–Kier alpha value is -2.13. The third-order valence-corrected chi connectivity index (χ3v) is 6.47. The minimum atomic E-state index is -0.395. The maximum Gasteiger partial charge on any atom is 0.0599 e. The van der Waals surface area contributed by atoms with Crippen LogP contribution in [-0.4, -0.2) is 35.5 Å². The van der Waals surface area contributed by atoms with E-state index >= 15 is 0 Å². The molecule has 2 aliphatic heterocycles. The molecule has 5 rings (SSSR count). The van der Waals surface area contributed by atoms with Gasteiger partial charge in [-0.25, -0.2) is 0 Å². The predicted octanol–water partition coefficient (Wildman–Crippen LogP) is 4.70. The number of rotatable bonds is 6. The average molecular weight is 348 g/mol. The highest BCUT2D eigenvalue weighted by molar-refractivity contribution is 5.78. The molecule has 1 saturated carbocycles. The normalized spacial score (nSPS) is 23.5. The van der Waals surface area contributed by atoms with E-state index in [1.54, 1.807) is 6.21 Å². The van der Waals surface area contributed by atoms with Crippen LogP contribution in [0.2, 0.25) is 0 Å². The van der Waals surface area contributed by atoms with Crippen molar-refractivity contribution in [1.29, 1.82) is 0 Å². The maximum absolute atomic E-state index is 9.52. The predicted molar refractivity (Wildman–Crippen MR) is 106 cm³/mol. The highest BCUT2D eigenvalue weighted by Crippen LogP contribution is 2.38. The molecule has 0 aromatic heterocycles. The summed E-state index contributed by atoms with van der Waals surface area (Å²) in [4.78, 5) is 2.68. The van der Waals surface area contributed by atoms with Gasteiger partial charge in [-0.3, -0.25) is 0 Å². The monoisotopic (exact) mass is 348 g/mol. The molecular weight excluding hydrogens is 320 g/mol. The van der Waals surface area contributed by atoms with Gasteiger partial charge in [0.25, 0.3) is 0 Å². The topological polar surface area (TPSA) is 35.8 Å². The van der Waals surface area contributed by atoms with E-state index in [4.69, 9.17) is 0 Å². The quantitative estimate of drug-likeness (QED) is 0.467. The lowest BCUT2D eigenvalue weighted by Crippen LogP contribution is -2.49. The van der Waals surface area contributed by atoms with Gasteiger partial charge in [0, 0.05) is 12.6 Å². The smallest absolute Gasteiger partial charge is 0.0599 e. The molecule has 3 aliphatic rings.